The van der Waals surface area contributed by atoms with Crippen LogP contribution in [-0.2, 0) is 0 Å². The number of rotatable bonds is 2. The first-order chi connectivity index (χ1) is 6.00. The zero-order valence-electron chi connectivity index (χ0n) is 6.70. The maximum Gasteiger partial charge on any atom is 0.197 e. The van der Waals surface area contributed by atoms with Crippen LogP contribution in [0.5, 0.6) is 0 Å². The molecule has 1 rings (SSSR count). The van der Waals surface area contributed by atoms with Crippen molar-refractivity contribution in [2.75, 3.05) is 5.73 Å². The largest absolute Gasteiger partial charge is 0.384 e. The van der Waals surface area contributed by atoms with Gasteiger partial charge in [0.2, 0.25) is 0 Å². The van der Waals surface area contributed by atoms with Crippen molar-refractivity contribution in [2.24, 2.45) is 11.5 Å². The molecule has 0 aromatic carbocycles. The van der Waals surface area contributed by atoms with Crippen molar-refractivity contribution in [1.29, 1.82) is 10.8 Å². The maximum absolute atomic E-state index is 7.09. The van der Waals surface area contributed by atoms with Crippen LogP contribution in [-0.4, -0.2) is 21.6 Å². The van der Waals surface area contributed by atoms with Gasteiger partial charge in [0.1, 0.15) is 17.3 Å². The van der Waals surface area contributed by atoms with E-state index in [1.807, 2.05) is 0 Å². The molecule has 0 aliphatic rings. The number of nitrogens with two attached hydrogens (primary N) is 3. The number of hydrogen-bond donors (Lipinski definition) is 5. The minimum absolute atomic E-state index is 0.0230. The molecule has 1 aromatic rings. The zero-order chi connectivity index (χ0) is 10.0. The molecule has 0 bridgehead atoms. The van der Waals surface area contributed by atoms with Crippen molar-refractivity contribution in [3.63, 3.8) is 0 Å². The predicted octanol–water partition coefficient (Wildman–Crippen LogP) is -1.37. The van der Waals surface area contributed by atoms with E-state index in [4.69, 9.17) is 28.0 Å². The predicted molar refractivity (Wildman–Crippen MR) is 48.5 cm³/mol. The van der Waals surface area contributed by atoms with Crippen LogP contribution in [0.4, 0.5) is 5.82 Å². The summed E-state index contributed by atoms with van der Waals surface area (Å²) < 4.78 is 0. The Labute approximate surface area is 74.0 Å². The van der Waals surface area contributed by atoms with Gasteiger partial charge in [-0.05, 0) is 0 Å². The van der Waals surface area contributed by atoms with E-state index in [0.717, 1.165) is 0 Å². The van der Waals surface area contributed by atoms with Gasteiger partial charge in [-0.1, -0.05) is 0 Å². The minimum Gasteiger partial charge on any atom is -0.384 e. The third-order valence-electron chi connectivity index (χ3n) is 1.26. The Morgan fingerprint density at radius 3 is 2.23 bits per heavy atom. The third kappa shape index (κ3) is 1.89. The molecule has 1 heterocycles. The molecule has 7 heteroatoms. The van der Waals surface area contributed by atoms with Crippen molar-refractivity contribution >= 4 is 17.5 Å². The minimum atomic E-state index is -0.310. The Kier molecular flexibility index (Phi) is 2.09. The van der Waals surface area contributed by atoms with Gasteiger partial charge >= 0.3 is 0 Å². The van der Waals surface area contributed by atoms with Crippen molar-refractivity contribution in [3.05, 3.63) is 17.6 Å². The van der Waals surface area contributed by atoms with E-state index in [9.17, 15) is 0 Å². The van der Waals surface area contributed by atoms with Crippen LogP contribution in [0.3, 0.4) is 0 Å². The third-order valence-corrected chi connectivity index (χ3v) is 1.26. The molecule has 0 saturated heterocycles. The van der Waals surface area contributed by atoms with Gasteiger partial charge in [-0.25, -0.2) is 9.97 Å². The summed E-state index contributed by atoms with van der Waals surface area (Å²) in [6.07, 6.45) is 0. The molecule has 68 valence electrons. The maximum atomic E-state index is 7.09. The molecule has 1 aromatic heterocycles. The molecule has 13 heavy (non-hydrogen) atoms. The molecule has 0 unspecified atom stereocenters. The fraction of sp³-hybridized carbons (Fsp3) is 0. The second-order valence-electron chi connectivity index (χ2n) is 2.33. The zero-order valence-corrected chi connectivity index (χ0v) is 6.70. The quantitative estimate of drug-likeness (QED) is 0.280. The van der Waals surface area contributed by atoms with E-state index in [1.54, 1.807) is 0 Å². The van der Waals surface area contributed by atoms with Gasteiger partial charge in [0.15, 0.2) is 11.7 Å². The lowest BCUT2D eigenvalue weighted by molar-refractivity contribution is 1.10. The van der Waals surface area contributed by atoms with Crippen molar-refractivity contribution in [2.45, 2.75) is 0 Å². The van der Waals surface area contributed by atoms with Gasteiger partial charge in [-0.3, -0.25) is 10.8 Å². The average Bonchev–Trinajstić information content (AvgIpc) is 2.03. The van der Waals surface area contributed by atoms with Gasteiger partial charge in [0, 0.05) is 6.07 Å². The molecule has 0 amide bonds. The summed E-state index contributed by atoms with van der Waals surface area (Å²) in [6.45, 7) is 0. The topological polar surface area (TPSA) is 152 Å². The van der Waals surface area contributed by atoms with Gasteiger partial charge < -0.3 is 17.2 Å². The molecule has 7 nitrogen and oxygen atoms in total. The summed E-state index contributed by atoms with van der Waals surface area (Å²) in [7, 11) is 0. The number of nitrogens with one attached hydrogen (secondary N) is 2. The van der Waals surface area contributed by atoms with E-state index >= 15 is 0 Å². The molecule has 0 spiro atoms. The molecule has 0 atom stereocenters. The van der Waals surface area contributed by atoms with E-state index < -0.39 is 0 Å². The lowest BCUT2D eigenvalue weighted by Gasteiger charge is -2.02. The standard InChI is InChI=1S/C6H9N7/c7-3-1-2(4(8)9)12-6(13-3)5(10)11/h1H,(H3,8,9)(H3,10,11)(H2,7,12,13). The first-order valence-electron chi connectivity index (χ1n) is 3.34. The van der Waals surface area contributed by atoms with E-state index in [1.165, 1.54) is 6.07 Å². The van der Waals surface area contributed by atoms with Crippen LogP contribution in [0.15, 0.2) is 6.07 Å². The van der Waals surface area contributed by atoms with Crippen LogP contribution in [0.1, 0.15) is 11.5 Å². The van der Waals surface area contributed by atoms with Crippen LogP contribution in [0, 0.1) is 10.8 Å². The number of nitrogens with zero attached hydrogens (tertiary/aromatic N) is 2. The molecule has 0 radical (unpaired) electrons. The SMILES string of the molecule is N=C(N)c1cc(N)nc(C(=N)N)n1. The van der Waals surface area contributed by atoms with Gasteiger partial charge in [0.05, 0.1) is 0 Å². The van der Waals surface area contributed by atoms with E-state index in [-0.39, 0.29) is 29.0 Å². The summed E-state index contributed by atoms with van der Waals surface area (Å²) in [5, 5.41) is 14.1. The first kappa shape index (κ1) is 8.91. The fourth-order valence-corrected chi connectivity index (χ4v) is 0.724. The van der Waals surface area contributed by atoms with Crippen LogP contribution in [0.2, 0.25) is 0 Å². The summed E-state index contributed by atoms with van der Waals surface area (Å²) in [5.74, 6) is -0.443. The van der Waals surface area contributed by atoms with Crippen molar-refractivity contribution < 1.29 is 0 Å². The molecular weight excluding hydrogens is 170 g/mol. The number of aromatic nitrogens is 2. The molecular formula is C6H9N7. The van der Waals surface area contributed by atoms with Crippen molar-refractivity contribution in [1.82, 2.24) is 9.97 Å². The highest BCUT2D eigenvalue weighted by atomic mass is 15.0. The summed E-state index contributed by atoms with van der Waals surface area (Å²) in [6, 6.07) is 1.34. The summed E-state index contributed by atoms with van der Waals surface area (Å²) in [5.41, 5.74) is 15.9. The van der Waals surface area contributed by atoms with E-state index in [2.05, 4.69) is 9.97 Å². The van der Waals surface area contributed by atoms with Crippen LogP contribution >= 0.6 is 0 Å². The fourth-order valence-electron chi connectivity index (χ4n) is 0.724. The Hall–Kier alpha value is -2.18. The normalized spacial score (nSPS) is 9.54. The molecule has 0 fully saturated rings. The average molecular weight is 179 g/mol. The molecule has 0 aliphatic heterocycles. The lowest BCUT2D eigenvalue weighted by Crippen LogP contribution is -2.21. The number of hydrogen-bond acceptors (Lipinski definition) is 5. The van der Waals surface area contributed by atoms with Gasteiger partial charge in [0.25, 0.3) is 0 Å². The Balaban J connectivity index is 3.26. The Morgan fingerprint density at radius 1 is 1.15 bits per heavy atom. The summed E-state index contributed by atoms with van der Waals surface area (Å²) in [4.78, 5) is 7.42. The molecule has 0 aliphatic carbocycles. The highest BCUT2D eigenvalue weighted by Crippen LogP contribution is 2.01. The van der Waals surface area contributed by atoms with Gasteiger partial charge in [-0.15, -0.1) is 0 Å². The van der Waals surface area contributed by atoms with Gasteiger partial charge in [-0.2, -0.15) is 0 Å². The number of anilines is 1. The Morgan fingerprint density at radius 2 is 1.77 bits per heavy atom. The Bertz CT molecular complexity index is 337. The first-order valence-corrected chi connectivity index (χ1v) is 3.34. The molecule has 0 saturated carbocycles. The highest BCUT2D eigenvalue weighted by molar-refractivity contribution is 5.96. The molecule has 8 N–H and O–H groups in total. The van der Waals surface area contributed by atoms with Crippen LogP contribution in [0.25, 0.3) is 0 Å². The summed E-state index contributed by atoms with van der Waals surface area (Å²) >= 11 is 0. The second-order valence-corrected chi connectivity index (χ2v) is 2.33. The van der Waals surface area contributed by atoms with Crippen molar-refractivity contribution in [3.8, 4) is 0 Å². The van der Waals surface area contributed by atoms with E-state index in [0.29, 0.717) is 0 Å². The highest BCUT2D eigenvalue weighted by Gasteiger charge is 2.06. The monoisotopic (exact) mass is 179 g/mol. The van der Waals surface area contributed by atoms with Crippen LogP contribution < -0.4 is 17.2 Å². The number of amidine groups is 2. The second kappa shape index (κ2) is 3.05. The lowest BCUT2D eigenvalue weighted by atomic mass is 10.3. The smallest absolute Gasteiger partial charge is 0.197 e. The number of nitrogen functional groups attached to an aromatic ring is 3.